The van der Waals surface area contributed by atoms with Crippen molar-refractivity contribution in [3.8, 4) is 5.75 Å². The molecule has 5 nitrogen and oxygen atoms in total. The number of nitrogens with one attached hydrogen (secondary N) is 1. The first-order chi connectivity index (χ1) is 10.2. The Kier molecular flexibility index (Phi) is 4.33. The van der Waals surface area contributed by atoms with Crippen molar-refractivity contribution in [2.75, 3.05) is 19.0 Å². The van der Waals surface area contributed by atoms with E-state index < -0.39 is 14.6 Å². The molecule has 0 radical (unpaired) electrons. The van der Waals surface area contributed by atoms with Crippen molar-refractivity contribution >= 4 is 26.4 Å². The minimum Gasteiger partial charge on any atom is -0.492 e. The largest absolute Gasteiger partial charge is 0.492 e. The normalized spacial score (nSPS) is 12.4. The number of nitrogens with zero attached hydrogens (tertiary/aromatic N) is 1. The molecule has 6 heteroatoms. The van der Waals surface area contributed by atoms with Crippen LogP contribution in [0.2, 0.25) is 0 Å². The molecule has 0 unspecified atom stereocenters. The van der Waals surface area contributed by atoms with Crippen LogP contribution in [0.5, 0.6) is 5.75 Å². The molecule has 0 saturated carbocycles. The summed E-state index contributed by atoms with van der Waals surface area (Å²) in [5.74, 6) is 0.352. The number of benzene rings is 1. The third-order valence-corrected chi connectivity index (χ3v) is 5.98. The Hall–Kier alpha value is -1.82. The second-order valence-corrected chi connectivity index (χ2v) is 8.64. The number of pyridine rings is 1. The summed E-state index contributed by atoms with van der Waals surface area (Å²) in [6.07, 6.45) is 1.68. The van der Waals surface area contributed by atoms with Crippen molar-refractivity contribution in [3.05, 3.63) is 24.4 Å². The predicted octanol–water partition coefficient (Wildman–Crippen LogP) is 3.25. The minimum atomic E-state index is -3.53. The van der Waals surface area contributed by atoms with Gasteiger partial charge in [0.05, 0.1) is 16.9 Å². The van der Waals surface area contributed by atoms with Crippen molar-refractivity contribution in [2.24, 2.45) is 0 Å². The maximum absolute atomic E-state index is 12.9. The van der Waals surface area contributed by atoms with E-state index in [9.17, 15) is 8.42 Å². The summed E-state index contributed by atoms with van der Waals surface area (Å²) < 4.78 is 30.4. The lowest BCUT2D eigenvalue weighted by Gasteiger charge is -2.22. The van der Waals surface area contributed by atoms with Crippen LogP contribution in [0.1, 0.15) is 27.7 Å². The minimum absolute atomic E-state index is 0.207. The fraction of sp³-hybridized carbons (Fsp3) is 0.438. The lowest BCUT2D eigenvalue weighted by Crippen LogP contribution is -2.28. The van der Waals surface area contributed by atoms with Crippen LogP contribution in [0.25, 0.3) is 10.9 Å². The van der Waals surface area contributed by atoms with Gasteiger partial charge in [-0.3, -0.25) is 4.98 Å². The number of anilines is 1. The van der Waals surface area contributed by atoms with Crippen molar-refractivity contribution in [1.82, 2.24) is 4.98 Å². The highest BCUT2D eigenvalue weighted by molar-refractivity contribution is 7.92. The second-order valence-electron chi connectivity index (χ2n) is 5.97. The number of aromatic nitrogens is 1. The molecule has 0 aliphatic heterocycles. The quantitative estimate of drug-likeness (QED) is 0.936. The molecule has 0 amide bonds. The number of fused-ring (bicyclic) bond motifs is 1. The van der Waals surface area contributed by atoms with Crippen molar-refractivity contribution in [3.63, 3.8) is 0 Å². The average Bonchev–Trinajstić information content (AvgIpc) is 2.44. The van der Waals surface area contributed by atoms with E-state index >= 15 is 0 Å². The molecule has 1 aromatic carbocycles. The van der Waals surface area contributed by atoms with Gasteiger partial charge < -0.3 is 10.1 Å². The van der Waals surface area contributed by atoms with Crippen molar-refractivity contribution in [1.29, 1.82) is 0 Å². The van der Waals surface area contributed by atoms with E-state index in [0.717, 1.165) is 11.1 Å². The number of hydrogen-bond acceptors (Lipinski definition) is 5. The van der Waals surface area contributed by atoms with Gasteiger partial charge in [-0.15, -0.1) is 0 Å². The van der Waals surface area contributed by atoms with Crippen LogP contribution >= 0.6 is 0 Å². The number of rotatable bonds is 4. The molecule has 0 aliphatic carbocycles. The zero-order valence-electron chi connectivity index (χ0n) is 13.6. The molecule has 1 N–H and O–H groups in total. The number of sulfone groups is 1. The Balaban J connectivity index is 2.84. The highest BCUT2D eigenvalue weighted by Gasteiger charge is 2.34. The molecule has 2 rings (SSSR count). The van der Waals surface area contributed by atoms with Crippen LogP contribution in [0, 0.1) is 0 Å². The first-order valence-electron chi connectivity index (χ1n) is 7.20. The summed E-state index contributed by atoms with van der Waals surface area (Å²) in [4.78, 5) is 4.51. The van der Waals surface area contributed by atoms with Gasteiger partial charge in [0, 0.05) is 30.4 Å². The van der Waals surface area contributed by atoms with Gasteiger partial charge in [-0.1, -0.05) is 0 Å². The van der Waals surface area contributed by atoms with E-state index in [4.69, 9.17) is 4.74 Å². The highest BCUT2D eigenvalue weighted by Crippen LogP contribution is 2.36. The topological polar surface area (TPSA) is 68.3 Å². The molecule has 1 heterocycles. The Morgan fingerprint density at radius 1 is 1.27 bits per heavy atom. The summed E-state index contributed by atoms with van der Waals surface area (Å²) in [5.41, 5.74) is 1.53. The van der Waals surface area contributed by atoms with E-state index in [-0.39, 0.29) is 4.90 Å². The lowest BCUT2D eigenvalue weighted by molar-refractivity contribution is 0.331. The van der Waals surface area contributed by atoms with Crippen LogP contribution in [-0.2, 0) is 9.84 Å². The highest BCUT2D eigenvalue weighted by atomic mass is 32.2. The van der Waals surface area contributed by atoms with Crippen LogP contribution in [0.3, 0.4) is 0 Å². The monoisotopic (exact) mass is 322 g/mol. The van der Waals surface area contributed by atoms with Crippen LogP contribution < -0.4 is 10.1 Å². The fourth-order valence-corrected chi connectivity index (χ4v) is 3.50. The van der Waals surface area contributed by atoms with E-state index in [1.165, 1.54) is 0 Å². The summed E-state index contributed by atoms with van der Waals surface area (Å²) in [6, 6.07) is 5.16. The van der Waals surface area contributed by atoms with Gasteiger partial charge >= 0.3 is 0 Å². The van der Waals surface area contributed by atoms with Gasteiger partial charge in [-0.25, -0.2) is 8.42 Å². The van der Waals surface area contributed by atoms with E-state index in [1.807, 2.05) is 13.0 Å². The summed E-state index contributed by atoms with van der Waals surface area (Å²) in [6.45, 7) is 7.28. The average molecular weight is 322 g/mol. The molecule has 120 valence electrons. The number of hydrogen-bond donors (Lipinski definition) is 1. The van der Waals surface area contributed by atoms with Crippen molar-refractivity contribution < 1.29 is 13.2 Å². The Morgan fingerprint density at radius 2 is 1.95 bits per heavy atom. The Bertz CT molecular complexity index is 793. The van der Waals surface area contributed by atoms with Crippen LogP contribution in [-0.4, -0.2) is 31.8 Å². The molecule has 0 aliphatic rings. The van der Waals surface area contributed by atoms with Gasteiger partial charge in [0.1, 0.15) is 10.6 Å². The summed E-state index contributed by atoms with van der Waals surface area (Å²) in [5, 5.41) is 3.82. The van der Waals surface area contributed by atoms with Gasteiger partial charge in [-0.2, -0.15) is 0 Å². The lowest BCUT2D eigenvalue weighted by atomic mass is 10.2. The summed E-state index contributed by atoms with van der Waals surface area (Å²) >= 11 is 0. The molecular weight excluding hydrogens is 300 g/mol. The molecule has 0 fully saturated rings. The van der Waals surface area contributed by atoms with E-state index in [2.05, 4.69) is 10.3 Å². The van der Waals surface area contributed by atoms with Gasteiger partial charge in [0.25, 0.3) is 0 Å². The SMILES string of the molecule is CCOc1cc2nccc(NC)c2cc1S(=O)(=O)C(C)(C)C. The first kappa shape index (κ1) is 16.5. The second kappa shape index (κ2) is 5.76. The van der Waals surface area contributed by atoms with Gasteiger partial charge in [-0.05, 0) is 39.8 Å². The Labute approximate surface area is 131 Å². The third kappa shape index (κ3) is 2.75. The molecular formula is C16H22N2O3S. The number of ether oxygens (including phenoxy) is 1. The first-order valence-corrected chi connectivity index (χ1v) is 8.68. The van der Waals surface area contributed by atoms with Crippen LogP contribution in [0.4, 0.5) is 5.69 Å². The maximum atomic E-state index is 12.9. The zero-order chi connectivity index (χ0) is 16.5. The maximum Gasteiger partial charge on any atom is 0.186 e. The van der Waals surface area contributed by atoms with E-state index in [1.54, 1.807) is 46.1 Å². The molecule has 1 aromatic heterocycles. The molecule has 0 saturated heterocycles. The zero-order valence-corrected chi connectivity index (χ0v) is 14.4. The molecule has 0 atom stereocenters. The molecule has 2 aromatic rings. The van der Waals surface area contributed by atoms with E-state index in [0.29, 0.717) is 17.9 Å². The third-order valence-electron chi connectivity index (χ3n) is 3.47. The molecule has 22 heavy (non-hydrogen) atoms. The fourth-order valence-electron chi connectivity index (χ4n) is 2.18. The Morgan fingerprint density at radius 3 is 2.50 bits per heavy atom. The van der Waals surface area contributed by atoms with Crippen molar-refractivity contribution in [2.45, 2.75) is 37.3 Å². The smallest absolute Gasteiger partial charge is 0.186 e. The predicted molar refractivity (Wildman–Crippen MR) is 89.4 cm³/mol. The standard InChI is InChI=1S/C16H22N2O3S/c1-6-21-14-10-13-11(12(17-5)7-8-18-13)9-15(14)22(19,20)16(2,3)4/h7-10H,6H2,1-5H3,(H,17,18). The molecule has 0 bridgehead atoms. The molecule has 0 spiro atoms. The van der Waals surface area contributed by atoms with Gasteiger partial charge in [0.2, 0.25) is 0 Å². The van der Waals surface area contributed by atoms with Gasteiger partial charge in [0.15, 0.2) is 9.84 Å². The van der Waals surface area contributed by atoms with Crippen LogP contribution in [0.15, 0.2) is 29.3 Å². The summed E-state index contributed by atoms with van der Waals surface area (Å²) in [7, 11) is -1.73.